The van der Waals surface area contributed by atoms with Crippen LogP contribution in [0.4, 0.5) is 4.79 Å². The summed E-state index contributed by atoms with van der Waals surface area (Å²) in [6, 6.07) is 0. The Kier molecular flexibility index (Phi) is 8.70. The van der Waals surface area contributed by atoms with Crippen LogP contribution in [0, 0.1) is 0 Å². The van der Waals surface area contributed by atoms with Crippen molar-refractivity contribution in [2.45, 2.75) is 32.4 Å². The zero-order valence-corrected chi connectivity index (χ0v) is 11.9. The summed E-state index contributed by atoms with van der Waals surface area (Å²) in [5.74, 6) is 0. The van der Waals surface area contributed by atoms with E-state index >= 15 is 0 Å². The van der Waals surface area contributed by atoms with Crippen molar-refractivity contribution in [2.24, 2.45) is 0 Å². The Bertz CT molecular complexity index is 227. The lowest BCUT2D eigenvalue weighted by molar-refractivity contribution is -0.0371. The Morgan fingerprint density at radius 1 is 1.17 bits per heavy atom. The van der Waals surface area contributed by atoms with Crippen LogP contribution >= 0.6 is 0 Å². The van der Waals surface area contributed by atoms with E-state index in [4.69, 9.17) is 18.9 Å². The van der Waals surface area contributed by atoms with Gasteiger partial charge in [0.25, 0.3) is 0 Å². The molecule has 108 valence electrons. The molecule has 1 unspecified atom stereocenters. The molecule has 0 bridgehead atoms. The fourth-order valence-corrected chi connectivity index (χ4v) is 1.12. The van der Waals surface area contributed by atoms with E-state index < -0.39 is 6.09 Å². The van der Waals surface area contributed by atoms with Gasteiger partial charge in [0.15, 0.2) is 0 Å². The second kappa shape index (κ2) is 9.13. The van der Waals surface area contributed by atoms with E-state index in [1.165, 1.54) is 0 Å². The van der Waals surface area contributed by atoms with Crippen molar-refractivity contribution >= 4 is 6.09 Å². The minimum atomic E-state index is -0.439. The lowest BCUT2D eigenvalue weighted by Gasteiger charge is -2.20. The number of carbonyl (C=O) groups is 1. The fraction of sp³-hybridized carbons (Fsp3) is 0.917. The van der Waals surface area contributed by atoms with Crippen molar-refractivity contribution in [3.63, 3.8) is 0 Å². The van der Waals surface area contributed by atoms with Gasteiger partial charge >= 0.3 is 6.09 Å². The number of nitrogens with one attached hydrogen (secondary N) is 1. The van der Waals surface area contributed by atoms with E-state index in [1.54, 1.807) is 14.2 Å². The molecule has 0 spiro atoms. The van der Waals surface area contributed by atoms with Crippen LogP contribution in [0.5, 0.6) is 0 Å². The molecule has 0 aliphatic heterocycles. The van der Waals surface area contributed by atoms with Gasteiger partial charge in [-0.25, -0.2) is 4.79 Å². The average Bonchev–Trinajstić information content (AvgIpc) is 2.24. The van der Waals surface area contributed by atoms with Crippen LogP contribution in [0.1, 0.15) is 20.8 Å². The van der Waals surface area contributed by atoms with Crippen LogP contribution in [0.15, 0.2) is 0 Å². The van der Waals surface area contributed by atoms with Crippen LogP contribution < -0.4 is 5.32 Å². The zero-order valence-electron chi connectivity index (χ0n) is 11.9. The topological polar surface area (TPSA) is 66.0 Å². The van der Waals surface area contributed by atoms with Crippen molar-refractivity contribution < 1.29 is 23.7 Å². The van der Waals surface area contributed by atoms with Gasteiger partial charge in [-0.2, -0.15) is 0 Å². The first-order valence-electron chi connectivity index (χ1n) is 5.93. The predicted molar refractivity (Wildman–Crippen MR) is 67.7 cm³/mol. The van der Waals surface area contributed by atoms with E-state index in [9.17, 15) is 4.79 Å². The minimum Gasteiger partial charge on any atom is -0.447 e. The molecule has 1 amide bonds. The highest BCUT2D eigenvalue weighted by Crippen LogP contribution is 1.99. The van der Waals surface area contributed by atoms with Gasteiger partial charge in [-0.1, -0.05) is 0 Å². The van der Waals surface area contributed by atoms with Gasteiger partial charge in [0, 0.05) is 19.8 Å². The Hall–Kier alpha value is -0.850. The van der Waals surface area contributed by atoms with Gasteiger partial charge in [-0.05, 0) is 20.8 Å². The van der Waals surface area contributed by atoms with Crippen LogP contribution in [0.3, 0.4) is 0 Å². The molecule has 6 heteroatoms. The van der Waals surface area contributed by atoms with E-state index in [1.807, 2.05) is 20.8 Å². The van der Waals surface area contributed by atoms with Crippen molar-refractivity contribution in [3.8, 4) is 0 Å². The lowest BCUT2D eigenvalue weighted by Crippen LogP contribution is -2.41. The van der Waals surface area contributed by atoms with Crippen molar-refractivity contribution in [2.75, 3.05) is 40.6 Å². The summed E-state index contributed by atoms with van der Waals surface area (Å²) >= 11 is 0. The number of rotatable bonds is 8. The molecule has 1 N–H and O–H groups in total. The molecule has 0 aliphatic carbocycles. The monoisotopic (exact) mass is 263 g/mol. The number of amides is 1. The number of carbonyl (C=O) groups excluding carboxylic acids is 1. The maximum absolute atomic E-state index is 11.3. The van der Waals surface area contributed by atoms with Gasteiger partial charge in [-0.3, -0.25) is 0 Å². The van der Waals surface area contributed by atoms with Gasteiger partial charge in [0.1, 0.15) is 12.7 Å². The van der Waals surface area contributed by atoms with Crippen molar-refractivity contribution in [3.05, 3.63) is 0 Å². The molecule has 0 aromatic rings. The van der Waals surface area contributed by atoms with E-state index in [0.29, 0.717) is 19.8 Å². The molecule has 0 heterocycles. The number of hydrogen-bond donors (Lipinski definition) is 1. The van der Waals surface area contributed by atoms with Crippen LogP contribution in [0.25, 0.3) is 0 Å². The third-order valence-corrected chi connectivity index (χ3v) is 1.93. The molecule has 0 saturated carbocycles. The second-order valence-electron chi connectivity index (χ2n) is 4.90. The molecule has 0 saturated heterocycles. The van der Waals surface area contributed by atoms with E-state index in [-0.39, 0.29) is 18.2 Å². The second-order valence-corrected chi connectivity index (χ2v) is 4.90. The first-order valence-corrected chi connectivity index (χ1v) is 5.93. The van der Waals surface area contributed by atoms with Crippen LogP contribution in [-0.4, -0.2) is 58.4 Å². The van der Waals surface area contributed by atoms with Crippen LogP contribution in [-0.2, 0) is 18.9 Å². The SMILES string of the molecule is COCC(COCCOC(=O)NC(C)(C)C)OC. The molecule has 0 radical (unpaired) electrons. The van der Waals surface area contributed by atoms with Gasteiger partial charge in [0.05, 0.1) is 19.8 Å². The summed E-state index contributed by atoms with van der Waals surface area (Å²) in [5, 5.41) is 2.69. The summed E-state index contributed by atoms with van der Waals surface area (Å²) in [4.78, 5) is 11.3. The largest absolute Gasteiger partial charge is 0.447 e. The molecule has 1 atom stereocenters. The number of alkyl carbamates (subject to hydrolysis) is 1. The summed E-state index contributed by atoms with van der Waals surface area (Å²) in [6.45, 7) is 7.10. The Labute approximate surface area is 109 Å². The molecule has 0 aliphatic rings. The smallest absolute Gasteiger partial charge is 0.407 e. The molecule has 0 fully saturated rings. The standard InChI is InChI=1S/C12H25NO5/c1-12(2,3)13-11(14)18-7-6-17-9-10(16-5)8-15-4/h10H,6-9H2,1-5H3,(H,13,14). The molecule has 6 nitrogen and oxygen atoms in total. The van der Waals surface area contributed by atoms with Gasteiger partial charge in [-0.15, -0.1) is 0 Å². The summed E-state index contributed by atoms with van der Waals surface area (Å²) in [5.41, 5.74) is -0.294. The molecule has 0 aromatic carbocycles. The van der Waals surface area contributed by atoms with Crippen molar-refractivity contribution in [1.29, 1.82) is 0 Å². The molecular weight excluding hydrogens is 238 g/mol. The maximum atomic E-state index is 11.3. The van der Waals surface area contributed by atoms with E-state index in [2.05, 4.69) is 5.32 Å². The maximum Gasteiger partial charge on any atom is 0.407 e. The average molecular weight is 263 g/mol. The zero-order chi connectivity index (χ0) is 14.0. The highest BCUT2D eigenvalue weighted by molar-refractivity contribution is 5.67. The summed E-state index contributed by atoms with van der Waals surface area (Å²) in [7, 11) is 3.20. The third-order valence-electron chi connectivity index (χ3n) is 1.93. The molecule has 18 heavy (non-hydrogen) atoms. The summed E-state index contributed by atoms with van der Waals surface area (Å²) < 4.78 is 20.3. The first kappa shape index (κ1) is 17.2. The van der Waals surface area contributed by atoms with E-state index in [0.717, 1.165) is 0 Å². The third kappa shape index (κ3) is 10.3. The Morgan fingerprint density at radius 3 is 2.33 bits per heavy atom. The van der Waals surface area contributed by atoms with Crippen LogP contribution in [0.2, 0.25) is 0 Å². The Balaban J connectivity index is 3.53. The molecule has 0 rings (SSSR count). The van der Waals surface area contributed by atoms with Gasteiger partial charge < -0.3 is 24.3 Å². The van der Waals surface area contributed by atoms with Gasteiger partial charge in [0.2, 0.25) is 0 Å². The van der Waals surface area contributed by atoms with Crippen molar-refractivity contribution in [1.82, 2.24) is 5.32 Å². The predicted octanol–water partition coefficient (Wildman–Crippen LogP) is 1.19. The molecule has 0 aromatic heterocycles. The Morgan fingerprint density at radius 2 is 1.83 bits per heavy atom. The highest BCUT2D eigenvalue weighted by Gasteiger charge is 2.14. The lowest BCUT2D eigenvalue weighted by atomic mass is 10.1. The fourth-order valence-electron chi connectivity index (χ4n) is 1.12. The summed E-state index contributed by atoms with van der Waals surface area (Å²) in [6.07, 6.45) is -0.537. The first-order chi connectivity index (χ1) is 8.39. The molecular formula is C12H25NO5. The highest BCUT2D eigenvalue weighted by atomic mass is 16.6. The normalized spacial score (nSPS) is 13.2. The quantitative estimate of drug-likeness (QED) is 0.666. The number of methoxy groups -OCH3 is 2. The minimum absolute atomic E-state index is 0.0987. The number of hydrogen-bond acceptors (Lipinski definition) is 5. The number of ether oxygens (including phenoxy) is 4.